The molecular weight excluding hydrogens is 190 g/mol. The number of carbonyl (C=O) groups is 1. The maximum absolute atomic E-state index is 11.5. The second-order valence-corrected chi connectivity index (χ2v) is 4.77. The molecule has 0 heterocycles. The summed E-state index contributed by atoms with van der Waals surface area (Å²) >= 11 is 0. The fourth-order valence-corrected chi connectivity index (χ4v) is 2.62. The van der Waals surface area contributed by atoms with Crippen LogP contribution in [0, 0.1) is 5.41 Å². The van der Waals surface area contributed by atoms with E-state index in [4.69, 9.17) is 5.73 Å². The van der Waals surface area contributed by atoms with E-state index in [1.54, 1.807) is 0 Å². The number of hydrogen-bond donors (Lipinski definition) is 2. The summed E-state index contributed by atoms with van der Waals surface area (Å²) in [6.07, 6.45) is 7.64. The second-order valence-electron chi connectivity index (χ2n) is 4.77. The highest BCUT2D eigenvalue weighted by Crippen LogP contribution is 2.38. The molecule has 3 N–H and O–H groups in total. The summed E-state index contributed by atoms with van der Waals surface area (Å²) in [6.45, 7) is 2.10. The Morgan fingerprint density at radius 1 is 1.47 bits per heavy atom. The smallest absolute Gasteiger partial charge is 0.311 e. The highest BCUT2D eigenvalue weighted by Gasteiger charge is 2.43. The lowest BCUT2D eigenvalue weighted by atomic mass is 9.73. The first-order valence-electron chi connectivity index (χ1n) is 6.12. The van der Waals surface area contributed by atoms with Crippen LogP contribution in [0.15, 0.2) is 0 Å². The molecule has 3 heteroatoms. The Bertz CT molecular complexity index is 218. The summed E-state index contributed by atoms with van der Waals surface area (Å²) in [5.74, 6) is -0.676. The van der Waals surface area contributed by atoms with Crippen LogP contribution in [-0.2, 0) is 4.79 Å². The average Bonchev–Trinajstić information content (AvgIpc) is 2.38. The van der Waals surface area contributed by atoms with Crippen LogP contribution in [0.1, 0.15) is 58.3 Å². The molecule has 0 aromatic rings. The molecule has 2 atom stereocenters. The number of carboxylic acids is 1. The minimum Gasteiger partial charge on any atom is -0.481 e. The second kappa shape index (κ2) is 5.50. The van der Waals surface area contributed by atoms with Crippen LogP contribution in [-0.4, -0.2) is 17.1 Å². The quantitative estimate of drug-likeness (QED) is 0.705. The molecule has 0 bridgehead atoms. The van der Waals surface area contributed by atoms with Gasteiger partial charge < -0.3 is 10.8 Å². The van der Waals surface area contributed by atoms with E-state index >= 15 is 0 Å². The van der Waals surface area contributed by atoms with Crippen molar-refractivity contribution < 1.29 is 9.90 Å². The molecule has 15 heavy (non-hydrogen) atoms. The topological polar surface area (TPSA) is 63.3 Å². The van der Waals surface area contributed by atoms with Gasteiger partial charge in [-0.3, -0.25) is 4.79 Å². The first kappa shape index (κ1) is 12.5. The molecule has 0 amide bonds. The van der Waals surface area contributed by atoms with Gasteiger partial charge in [0, 0.05) is 6.04 Å². The Hall–Kier alpha value is -0.570. The molecule has 0 unspecified atom stereocenters. The predicted octanol–water partition coefficient (Wildman–Crippen LogP) is 2.54. The molecule has 0 aromatic heterocycles. The van der Waals surface area contributed by atoms with Crippen LogP contribution in [0.2, 0.25) is 0 Å². The molecule has 0 radical (unpaired) electrons. The molecule has 0 saturated heterocycles. The van der Waals surface area contributed by atoms with Crippen molar-refractivity contribution >= 4 is 5.97 Å². The summed E-state index contributed by atoms with van der Waals surface area (Å²) in [4.78, 5) is 11.5. The van der Waals surface area contributed by atoms with Crippen molar-refractivity contribution in [2.24, 2.45) is 11.1 Å². The summed E-state index contributed by atoms with van der Waals surface area (Å²) < 4.78 is 0. The van der Waals surface area contributed by atoms with Crippen molar-refractivity contribution in [2.75, 3.05) is 0 Å². The molecule has 1 aliphatic rings. The number of carboxylic acid groups (broad SMARTS) is 1. The highest BCUT2D eigenvalue weighted by atomic mass is 16.4. The van der Waals surface area contributed by atoms with Crippen LogP contribution in [0.5, 0.6) is 0 Å². The number of unbranched alkanes of at least 4 members (excludes halogenated alkanes) is 1. The zero-order chi connectivity index (χ0) is 11.3. The van der Waals surface area contributed by atoms with E-state index in [1.807, 2.05) is 0 Å². The average molecular weight is 213 g/mol. The first-order valence-corrected chi connectivity index (χ1v) is 6.12. The molecule has 0 spiro atoms. The monoisotopic (exact) mass is 213 g/mol. The van der Waals surface area contributed by atoms with Gasteiger partial charge in [0.2, 0.25) is 0 Å². The molecule has 1 aliphatic carbocycles. The van der Waals surface area contributed by atoms with Gasteiger partial charge in [-0.25, -0.2) is 0 Å². The van der Waals surface area contributed by atoms with Crippen molar-refractivity contribution in [3.8, 4) is 0 Å². The summed E-state index contributed by atoms with van der Waals surface area (Å²) in [7, 11) is 0. The van der Waals surface area contributed by atoms with Gasteiger partial charge in [-0.1, -0.05) is 39.0 Å². The standard InChI is InChI=1S/C12H23NO2/c1-2-3-8-12(11(14)15)9-6-4-5-7-10(12)13/h10H,2-9,13H2,1H3,(H,14,15)/t10-,12-/m1/s1. The number of hydrogen-bond acceptors (Lipinski definition) is 2. The maximum Gasteiger partial charge on any atom is 0.311 e. The Labute approximate surface area is 92.0 Å². The summed E-state index contributed by atoms with van der Waals surface area (Å²) in [6, 6.07) is -0.149. The maximum atomic E-state index is 11.5. The number of rotatable bonds is 4. The van der Waals surface area contributed by atoms with Crippen LogP contribution in [0.25, 0.3) is 0 Å². The zero-order valence-electron chi connectivity index (χ0n) is 9.67. The van der Waals surface area contributed by atoms with E-state index in [-0.39, 0.29) is 6.04 Å². The first-order chi connectivity index (χ1) is 7.13. The van der Waals surface area contributed by atoms with E-state index in [1.165, 1.54) is 0 Å². The third-order valence-corrected chi connectivity index (χ3v) is 3.75. The van der Waals surface area contributed by atoms with Gasteiger partial charge in [0.25, 0.3) is 0 Å². The Morgan fingerprint density at radius 3 is 2.80 bits per heavy atom. The zero-order valence-corrected chi connectivity index (χ0v) is 9.67. The summed E-state index contributed by atoms with van der Waals surface area (Å²) in [5, 5.41) is 9.43. The number of aliphatic carboxylic acids is 1. The molecule has 88 valence electrons. The van der Waals surface area contributed by atoms with Crippen molar-refractivity contribution in [3.63, 3.8) is 0 Å². The van der Waals surface area contributed by atoms with E-state index in [0.717, 1.165) is 51.4 Å². The van der Waals surface area contributed by atoms with Crippen LogP contribution >= 0.6 is 0 Å². The molecule has 1 rings (SSSR count). The van der Waals surface area contributed by atoms with Crippen LogP contribution < -0.4 is 5.73 Å². The van der Waals surface area contributed by atoms with Gasteiger partial charge in [-0.2, -0.15) is 0 Å². The fraction of sp³-hybridized carbons (Fsp3) is 0.917. The Kier molecular flexibility index (Phi) is 4.58. The number of nitrogens with two attached hydrogens (primary N) is 1. The van der Waals surface area contributed by atoms with Gasteiger partial charge in [0.1, 0.15) is 0 Å². The van der Waals surface area contributed by atoms with Gasteiger partial charge in [0.15, 0.2) is 0 Å². The predicted molar refractivity (Wildman–Crippen MR) is 60.7 cm³/mol. The minimum atomic E-state index is -0.676. The third kappa shape index (κ3) is 2.71. The van der Waals surface area contributed by atoms with Gasteiger partial charge in [0.05, 0.1) is 5.41 Å². The van der Waals surface area contributed by atoms with E-state index in [2.05, 4.69) is 6.92 Å². The van der Waals surface area contributed by atoms with Crippen molar-refractivity contribution in [1.29, 1.82) is 0 Å². The normalized spacial score (nSPS) is 32.3. The molecule has 1 saturated carbocycles. The minimum absolute atomic E-state index is 0.149. The van der Waals surface area contributed by atoms with E-state index in [0.29, 0.717) is 0 Å². The van der Waals surface area contributed by atoms with E-state index < -0.39 is 11.4 Å². The lowest BCUT2D eigenvalue weighted by molar-refractivity contribution is -0.151. The molecular formula is C12H23NO2. The lowest BCUT2D eigenvalue weighted by Crippen LogP contribution is -2.47. The molecule has 3 nitrogen and oxygen atoms in total. The summed E-state index contributed by atoms with van der Waals surface area (Å²) in [5.41, 5.74) is 5.44. The fourth-order valence-electron chi connectivity index (χ4n) is 2.62. The lowest BCUT2D eigenvalue weighted by Gasteiger charge is -2.33. The van der Waals surface area contributed by atoms with Crippen molar-refractivity contribution in [2.45, 2.75) is 64.3 Å². The molecule has 1 fully saturated rings. The SMILES string of the molecule is CCCC[C@@]1(C(=O)O)CCCCC[C@H]1N. The van der Waals surface area contributed by atoms with Crippen LogP contribution in [0.4, 0.5) is 0 Å². The largest absolute Gasteiger partial charge is 0.481 e. The molecule has 0 aromatic carbocycles. The van der Waals surface area contributed by atoms with Gasteiger partial charge >= 0.3 is 5.97 Å². The molecule has 0 aliphatic heterocycles. The van der Waals surface area contributed by atoms with Gasteiger partial charge in [-0.15, -0.1) is 0 Å². The van der Waals surface area contributed by atoms with E-state index in [9.17, 15) is 9.90 Å². The van der Waals surface area contributed by atoms with Crippen LogP contribution in [0.3, 0.4) is 0 Å². The van der Waals surface area contributed by atoms with Crippen molar-refractivity contribution in [1.82, 2.24) is 0 Å². The highest BCUT2D eigenvalue weighted by molar-refractivity contribution is 5.75. The van der Waals surface area contributed by atoms with Gasteiger partial charge in [-0.05, 0) is 19.3 Å². The Balaban J connectivity index is 2.79. The Morgan fingerprint density at radius 2 is 2.20 bits per heavy atom. The third-order valence-electron chi connectivity index (χ3n) is 3.75. The van der Waals surface area contributed by atoms with Crippen molar-refractivity contribution in [3.05, 3.63) is 0 Å².